The molecule has 0 spiro atoms. The Balaban J connectivity index is 1.78. The first kappa shape index (κ1) is 28.9. The normalized spacial score (nSPS) is 11.3. The molecule has 3 aromatic rings. The highest BCUT2D eigenvalue weighted by atomic mass is 32.2. The minimum atomic E-state index is -0.938. The molecule has 0 aliphatic carbocycles. The third-order valence-corrected chi connectivity index (χ3v) is 6.93. The molecule has 0 radical (unpaired) electrons. The molecular weight excluding hydrogens is 508 g/mol. The second kappa shape index (κ2) is 12.7. The van der Waals surface area contributed by atoms with Gasteiger partial charge in [-0.2, -0.15) is 0 Å². The van der Waals surface area contributed by atoms with Crippen molar-refractivity contribution in [3.63, 3.8) is 0 Å². The van der Waals surface area contributed by atoms with Crippen LogP contribution < -0.4 is 19.5 Å². The maximum atomic E-state index is 13.2. The van der Waals surface area contributed by atoms with E-state index in [-0.39, 0.29) is 12.5 Å². The van der Waals surface area contributed by atoms with E-state index in [1.165, 1.54) is 26.0 Å². The number of benzene rings is 2. The number of carboxylic acid groups (broad SMARTS) is 1. The van der Waals surface area contributed by atoms with Gasteiger partial charge in [0.2, 0.25) is 5.91 Å². The Bertz CT molecular complexity index is 1230. The van der Waals surface area contributed by atoms with Crippen molar-refractivity contribution in [2.24, 2.45) is 0 Å². The summed E-state index contributed by atoms with van der Waals surface area (Å²) in [6.45, 7) is 6.18. The number of nitrogens with zero attached hydrogens (tertiary/aromatic N) is 1. The van der Waals surface area contributed by atoms with Gasteiger partial charge in [-0.3, -0.25) is 14.5 Å². The van der Waals surface area contributed by atoms with Crippen LogP contribution in [-0.4, -0.2) is 54.5 Å². The topological polar surface area (TPSA) is 110 Å². The largest absolute Gasteiger partial charge is 0.496 e. The lowest BCUT2D eigenvalue weighted by atomic mass is 10.2. The molecule has 0 aliphatic heterocycles. The molecule has 2 aromatic carbocycles. The van der Waals surface area contributed by atoms with Crippen LogP contribution in [0.25, 0.3) is 0 Å². The number of thioether (sulfide) groups is 1. The van der Waals surface area contributed by atoms with Gasteiger partial charge < -0.3 is 29.1 Å². The number of aliphatic carboxylic acids is 1. The fourth-order valence-corrected chi connectivity index (χ4v) is 4.68. The monoisotopic (exact) mass is 542 g/mol. The van der Waals surface area contributed by atoms with Crippen molar-refractivity contribution in [3.05, 3.63) is 65.6 Å². The first-order chi connectivity index (χ1) is 18.0. The Kier molecular flexibility index (Phi) is 9.71. The third-order valence-electron chi connectivity index (χ3n) is 5.74. The van der Waals surface area contributed by atoms with E-state index >= 15 is 0 Å². The van der Waals surface area contributed by atoms with Gasteiger partial charge in [-0.25, -0.2) is 0 Å². The summed E-state index contributed by atoms with van der Waals surface area (Å²) in [5.41, 5.74) is 1.38. The van der Waals surface area contributed by atoms with Crippen LogP contribution in [-0.2, 0) is 22.7 Å². The van der Waals surface area contributed by atoms with Crippen molar-refractivity contribution in [3.8, 4) is 17.2 Å². The highest BCUT2D eigenvalue weighted by Crippen LogP contribution is 2.39. The van der Waals surface area contributed by atoms with Crippen LogP contribution in [0.3, 0.4) is 0 Å². The molecule has 0 aliphatic rings. The van der Waals surface area contributed by atoms with Crippen molar-refractivity contribution in [2.45, 2.75) is 43.5 Å². The highest BCUT2D eigenvalue weighted by molar-refractivity contribution is 8.01. The SMILES string of the molecule is COc1cc(OC)c(NC(=O)CN(Cc2ccc(SC(C)(C)C(=O)O)cc2)Cc2ccc(C)o2)c(OC)c1. The summed E-state index contributed by atoms with van der Waals surface area (Å²) in [4.78, 5) is 27.5. The lowest BCUT2D eigenvalue weighted by Crippen LogP contribution is -2.32. The zero-order valence-electron chi connectivity index (χ0n) is 22.5. The van der Waals surface area contributed by atoms with Crippen molar-refractivity contribution >= 4 is 29.3 Å². The summed E-state index contributed by atoms with van der Waals surface area (Å²) < 4.78 is 21.0. The zero-order valence-corrected chi connectivity index (χ0v) is 23.3. The number of furan rings is 1. The van der Waals surface area contributed by atoms with Gasteiger partial charge in [0.1, 0.15) is 39.2 Å². The number of amides is 1. The summed E-state index contributed by atoms with van der Waals surface area (Å²) in [5.74, 6) is 1.78. The van der Waals surface area contributed by atoms with Crippen LogP contribution >= 0.6 is 11.8 Å². The highest BCUT2D eigenvalue weighted by Gasteiger charge is 2.28. The van der Waals surface area contributed by atoms with E-state index in [1.54, 1.807) is 33.1 Å². The van der Waals surface area contributed by atoms with Crippen LogP contribution in [0, 0.1) is 6.92 Å². The van der Waals surface area contributed by atoms with Crippen LogP contribution in [0.15, 0.2) is 57.8 Å². The second-order valence-corrected chi connectivity index (χ2v) is 10.9. The molecule has 204 valence electrons. The van der Waals surface area contributed by atoms with E-state index in [9.17, 15) is 14.7 Å². The Morgan fingerprint density at radius 2 is 1.61 bits per heavy atom. The smallest absolute Gasteiger partial charge is 0.319 e. The molecule has 1 aromatic heterocycles. The summed E-state index contributed by atoms with van der Waals surface area (Å²) in [6, 6.07) is 14.8. The van der Waals surface area contributed by atoms with Gasteiger partial charge in [0, 0.05) is 23.6 Å². The number of carboxylic acids is 1. The van der Waals surface area contributed by atoms with Crippen LogP contribution in [0.2, 0.25) is 0 Å². The van der Waals surface area contributed by atoms with E-state index in [2.05, 4.69) is 5.32 Å². The Morgan fingerprint density at radius 3 is 2.11 bits per heavy atom. The molecule has 9 nitrogen and oxygen atoms in total. The van der Waals surface area contributed by atoms with E-state index in [4.69, 9.17) is 18.6 Å². The van der Waals surface area contributed by atoms with Gasteiger partial charge in [-0.1, -0.05) is 12.1 Å². The first-order valence-corrected chi connectivity index (χ1v) is 12.7. The number of rotatable bonds is 13. The minimum Gasteiger partial charge on any atom is -0.496 e. The number of nitrogens with one attached hydrogen (secondary N) is 1. The van der Waals surface area contributed by atoms with E-state index in [0.29, 0.717) is 36.0 Å². The summed E-state index contributed by atoms with van der Waals surface area (Å²) in [7, 11) is 4.56. The standard InChI is InChI=1S/C28H34N2O7S/c1-18-7-10-20(37-18)16-30(15-19-8-11-22(12-9-19)38-28(2,3)27(32)33)17-25(31)29-26-23(35-5)13-21(34-4)14-24(26)36-6/h7-14H,15-17H2,1-6H3,(H,29,31)(H,32,33). The molecule has 38 heavy (non-hydrogen) atoms. The fraction of sp³-hybridized carbons (Fsp3) is 0.357. The number of hydrogen-bond donors (Lipinski definition) is 2. The zero-order chi connectivity index (χ0) is 27.9. The number of carbonyl (C=O) groups excluding carboxylic acids is 1. The molecule has 3 rings (SSSR count). The number of aryl methyl sites for hydroxylation is 1. The van der Waals surface area contributed by atoms with Gasteiger partial charge in [-0.15, -0.1) is 11.8 Å². The molecule has 1 amide bonds. The van der Waals surface area contributed by atoms with E-state index in [1.807, 2.05) is 48.2 Å². The maximum Gasteiger partial charge on any atom is 0.319 e. The van der Waals surface area contributed by atoms with E-state index in [0.717, 1.165) is 22.0 Å². The van der Waals surface area contributed by atoms with Crippen LogP contribution in [0.1, 0.15) is 30.9 Å². The second-order valence-electron chi connectivity index (χ2n) is 9.17. The third kappa shape index (κ3) is 7.69. The molecule has 0 saturated carbocycles. The van der Waals surface area contributed by atoms with Crippen molar-refractivity contribution in [2.75, 3.05) is 33.2 Å². The molecule has 1 heterocycles. The van der Waals surface area contributed by atoms with Gasteiger partial charge in [-0.05, 0) is 50.6 Å². The molecule has 0 unspecified atom stereocenters. The van der Waals surface area contributed by atoms with Gasteiger partial charge in [0.05, 0.1) is 34.4 Å². The van der Waals surface area contributed by atoms with Gasteiger partial charge in [0.15, 0.2) is 0 Å². The number of anilines is 1. The molecule has 0 saturated heterocycles. The van der Waals surface area contributed by atoms with E-state index < -0.39 is 10.7 Å². The molecule has 0 bridgehead atoms. The Labute approximate surface area is 227 Å². The molecule has 2 N–H and O–H groups in total. The van der Waals surface area contributed by atoms with Gasteiger partial charge in [0.25, 0.3) is 0 Å². The molecule has 10 heteroatoms. The lowest BCUT2D eigenvalue weighted by molar-refractivity contribution is -0.138. The summed E-state index contributed by atoms with van der Waals surface area (Å²) >= 11 is 1.28. The van der Waals surface area contributed by atoms with Gasteiger partial charge >= 0.3 is 5.97 Å². The number of methoxy groups -OCH3 is 3. The summed E-state index contributed by atoms with van der Waals surface area (Å²) in [5, 5.41) is 12.3. The first-order valence-electron chi connectivity index (χ1n) is 11.9. The molecular formula is C28H34N2O7S. The van der Waals surface area contributed by atoms with Crippen LogP contribution in [0.5, 0.6) is 17.2 Å². The molecule has 0 atom stereocenters. The van der Waals surface area contributed by atoms with Crippen molar-refractivity contribution < 1.29 is 33.3 Å². The summed E-state index contributed by atoms with van der Waals surface area (Å²) in [6.07, 6.45) is 0. The predicted octanol–water partition coefficient (Wildman–Crippen LogP) is 5.21. The maximum absolute atomic E-state index is 13.2. The number of ether oxygens (including phenoxy) is 3. The quantitative estimate of drug-likeness (QED) is 0.281. The van der Waals surface area contributed by atoms with Crippen molar-refractivity contribution in [1.29, 1.82) is 0 Å². The average molecular weight is 543 g/mol. The average Bonchev–Trinajstić information content (AvgIpc) is 3.29. The van der Waals surface area contributed by atoms with Crippen LogP contribution in [0.4, 0.5) is 5.69 Å². The number of hydrogen-bond acceptors (Lipinski definition) is 8. The Morgan fingerprint density at radius 1 is 0.974 bits per heavy atom. The minimum absolute atomic E-state index is 0.0701. The lowest BCUT2D eigenvalue weighted by Gasteiger charge is -2.22. The molecule has 0 fully saturated rings. The van der Waals surface area contributed by atoms with Crippen molar-refractivity contribution in [1.82, 2.24) is 4.90 Å². The number of carbonyl (C=O) groups is 2. The Hall–Kier alpha value is -3.63. The fourth-order valence-electron chi connectivity index (χ4n) is 3.73. The predicted molar refractivity (Wildman–Crippen MR) is 146 cm³/mol.